The van der Waals surface area contributed by atoms with Crippen LogP contribution >= 0.6 is 11.8 Å². The van der Waals surface area contributed by atoms with Crippen molar-refractivity contribution >= 4 is 28.6 Å². The number of rotatable bonds is 4. The Kier molecular flexibility index (Phi) is 7.14. The van der Waals surface area contributed by atoms with Gasteiger partial charge in [0.25, 0.3) is 0 Å². The maximum absolute atomic E-state index is 5.31. The van der Waals surface area contributed by atoms with Gasteiger partial charge in [-0.25, -0.2) is 15.0 Å². The fraction of sp³-hybridized carbons (Fsp3) is 0.0377. The molecule has 0 saturated carbocycles. The van der Waals surface area contributed by atoms with E-state index in [0.29, 0.717) is 17.5 Å². The van der Waals surface area contributed by atoms with Gasteiger partial charge in [0.1, 0.15) is 0 Å². The van der Waals surface area contributed by atoms with E-state index in [1.54, 1.807) is 0 Å². The van der Waals surface area contributed by atoms with E-state index in [4.69, 9.17) is 15.0 Å². The SMILES string of the molecule is C1=Cc2cc(-c3nc(-c4ccccc4)nc(-c4ccccc4-c4ccc5c(c4)C4(c6ccccc6S5)c5ccccc5-c5ccccc54)n3)cc3cccc(c23)C1. The van der Waals surface area contributed by atoms with Gasteiger partial charge < -0.3 is 0 Å². The molecule has 0 radical (unpaired) electrons. The van der Waals surface area contributed by atoms with Crippen LogP contribution in [0.1, 0.15) is 33.4 Å². The molecule has 2 aliphatic carbocycles. The molecule has 0 bridgehead atoms. The fourth-order valence-corrected chi connectivity index (χ4v) is 10.8. The molecule has 0 unspecified atom stereocenters. The maximum Gasteiger partial charge on any atom is 0.164 e. The molecule has 4 heteroatoms. The molecule has 9 aromatic rings. The van der Waals surface area contributed by atoms with E-state index in [0.717, 1.165) is 34.2 Å². The van der Waals surface area contributed by atoms with Crippen LogP contribution in [0, 0.1) is 0 Å². The molecule has 0 atom stereocenters. The Hall–Kier alpha value is -6.88. The van der Waals surface area contributed by atoms with Gasteiger partial charge in [-0.3, -0.25) is 0 Å². The van der Waals surface area contributed by atoms with E-state index in [1.165, 1.54) is 65.1 Å². The molecule has 0 N–H and O–H groups in total. The van der Waals surface area contributed by atoms with Gasteiger partial charge in [-0.1, -0.05) is 170 Å². The molecule has 266 valence electrons. The molecular weight excluding hydrogens is 711 g/mol. The first kappa shape index (κ1) is 32.4. The maximum atomic E-state index is 5.31. The molecule has 0 fully saturated rings. The highest BCUT2D eigenvalue weighted by Crippen LogP contribution is 2.62. The zero-order valence-electron chi connectivity index (χ0n) is 30.9. The first-order valence-corrected chi connectivity index (χ1v) is 20.3. The summed E-state index contributed by atoms with van der Waals surface area (Å²) in [4.78, 5) is 18.2. The van der Waals surface area contributed by atoms with Crippen LogP contribution in [-0.2, 0) is 11.8 Å². The van der Waals surface area contributed by atoms with Crippen LogP contribution in [0.25, 0.3) is 73.3 Å². The number of nitrogens with zero attached hydrogens (tertiary/aromatic N) is 3. The van der Waals surface area contributed by atoms with E-state index < -0.39 is 5.41 Å². The Labute approximate surface area is 335 Å². The van der Waals surface area contributed by atoms with Gasteiger partial charge in [-0.05, 0) is 103 Å². The molecule has 12 rings (SSSR count). The summed E-state index contributed by atoms with van der Waals surface area (Å²) < 4.78 is 0. The quantitative estimate of drug-likeness (QED) is 0.180. The number of allylic oxidation sites excluding steroid dienone is 1. The first-order chi connectivity index (χ1) is 28.2. The zero-order chi connectivity index (χ0) is 37.5. The second-order valence-electron chi connectivity index (χ2n) is 15.1. The van der Waals surface area contributed by atoms with Gasteiger partial charge in [-0.2, -0.15) is 0 Å². The number of aromatic nitrogens is 3. The van der Waals surface area contributed by atoms with E-state index >= 15 is 0 Å². The Balaban J connectivity index is 1.08. The molecule has 0 saturated heterocycles. The lowest BCUT2D eigenvalue weighted by Gasteiger charge is -2.40. The van der Waals surface area contributed by atoms with Crippen molar-refractivity contribution in [2.24, 2.45) is 0 Å². The van der Waals surface area contributed by atoms with Gasteiger partial charge in [0.2, 0.25) is 0 Å². The highest BCUT2D eigenvalue weighted by atomic mass is 32.2. The third-order valence-electron chi connectivity index (χ3n) is 12.0. The summed E-state index contributed by atoms with van der Waals surface area (Å²) >= 11 is 1.87. The van der Waals surface area contributed by atoms with Crippen LogP contribution in [0.3, 0.4) is 0 Å². The summed E-state index contributed by atoms with van der Waals surface area (Å²) in [5, 5.41) is 2.51. The van der Waals surface area contributed by atoms with Crippen molar-refractivity contribution in [2.75, 3.05) is 0 Å². The van der Waals surface area contributed by atoms with Crippen molar-refractivity contribution < 1.29 is 0 Å². The van der Waals surface area contributed by atoms with Gasteiger partial charge in [0.05, 0.1) is 5.41 Å². The number of hydrogen-bond donors (Lipinski definition) is 0. The Morgan fingerprint density at radius 2 is 1.05 bits per heavy atom. The van der Waals surface area contributed by atoms with Crippen LogP contribution in [0.2, 0.25) is 0 Å². The van der Waals surface area contributed by atoms with Crippen molar-refractivity contribution in [1.82, 2.24) is 15.0 Å². The van der Waals surface area contributed by atoms with Gasteiger partial charge >= 0.3 is 0 Å². The van der Waals surface area contributed by atoms with Crippen molar-refractivity contribution in [1.29, 1.82) is 0 Å². The summed E-state index contributed by atoms with van der Waals surface area (Å²) in [5.74, 6) is 1.96. The molecule has 1 spiro atoms. The fourth-order valence-electron chi connectivity index (χ4n) is 9.58. The highest BCUT2D eigenvalue weighted by Gasteiger charge is 2.50. The Morgan fingerprint density at radius 1 is 0.421 bits per heavy atom. The lowest BCUT2D eigenvalue weighted by molar-refractivity contribution is 0.723. The van der Waals surface area contributed by atoms with Crippen molar-refractivity contribution in [3.63, 3.8) is 0 Å². The van der Waals surface area contributed by atoms with Crippen LogP contribution in [0.15, 0.2) is 192 Å². The first-order valence-electron chi connectivity index (χ1n) is 19.5. The molecule has 0 amide bonds. The molecule has 57 heavy (non-hydrogen) atoms. The van der Waals surface area contributed by atoms with Crippen molar-refractivity contribution in [2.45, 2.75) is 21.6 Å². The summed E-state index contributed by atoms with van der Waals surface area (Å²) in [6.07, 6.45) is 5.42. The molecule has 2 heterocycles. The van der Waals surface area contributed by atoms with Crippen LogP contribution in [-0.4, -0.2) is 15.0 Å². The van der Waals surface area contributed by atoms with Crippen LogP contribution < -0.4 is 0 Å². The Bertz CT molecular complexity index is 3100. The zero-order valence-corrected chi connectivity index (χ0v) is 31.7. The average Bonchev–Trinajstić information content (AvgIpc) is 3.57. The largest absolute Gasteiger partial charge is 0.208 e. The topological polar surface area (TPSA) is 38.7 Å². The predicted octanol–water partition coefficient (Wildman–Crippen LogP) is 13.1. The summed E-state index contributed by atoms with van der Waals surface area (Å²) in [6.45, 7) is 0. The minimum atomic E-state index is -0.458. The van der Waals surface area contributed by atoms with E-state index in [9.17, 15) is 0 Å². The Morgan fingerprint density at radius 3 is 1.84 bits per heavy atom. The molecule has 1 aromatic heterocycles. The van der Waals surface area contributed by atoms with Crippen LogP contribution in [0.5, 0.6) is 0 Å². The molecule has 8 aromatic carbocycles. The lowest BCUT2D eigenvalue weighted by Crippen LogP contribution is -2.32. The lowest BCUT2D eigenvalue weighted by atomic mass is 9.67. The molecular formula is C53H33N3S. The molecule has 1 aliphatic heterocycles. The average molecular weight is 744 g/mol. The molecule has 3 aliphatic rings. The number of benzene rings is 8. The third kappa shape index (κ3) is 4.84. The van der Waals surface area contributed by atoms with Gasteiger partial charge in [-0.15, -0.1) is 0 Å². The summed E-state index contributed by atoms with van der Waals surface area (Å²) in [7, 11) is 0. The number of hydrogen-bond acceptors (Lipinski definition) is 4. The van der Waals surface area contributed by atoms with Crippen molar-refractivity contribution in [3.8, 4) is 56.4 Å². The monoisotopic (exact) mass is 743 g/mol. The number of fused-ring (bicyclic) bond motifs is 9. The molecule has 3 nitrogen and oxygen atoms in total. The van der Waals surface area contributed by atoms with Gasteiger partial charge in [0.15, 0.2) is 17.5 Å². The third-order valence-corrected chi connectivity index (χ3v) is 13.1. The standard InChI is InChI=1S/C53H33N3S/c1-2-14-34(15-3-1)50-54-51(38-30-36-18-12-16-33-17-13-19-37(31-38)49(33)36)56-52(55-50)42-23-5-4-20-39(42)35-28-29-48-46(32-35)53(45-26-10-11-27-47(45)57-48)43-24-8-6-21-40(43)41-22-7-9-25-44(41)53/h1-16,18-32H,17H2. The second kappa shape index (κ2) is 12.6. The van der Waals surface area contributed by atoms with Crippen molar-refractivity contribution in [3.05, 3.63) is 215 Å². The summed E-state index contributed by atoms with van der Waals surface area (Å²) in [6, 6.07) is 63.8. The summed E-state index contributed by atoms with van der Waals surface area (Å²) in [5.41, 5.74) is 15.1. The van der Waals surface area contributed by atoms with Crippen LogP contribution in [0.4, 0.5) is 0 Å². The minimum Gasteiger partial charge on any atom is -0.208 e. The smallest absolute Gasteiger partial charge is 0.164 e. The van der Waals surface area contributed by atoms with Gasteiger partial charge in [0, 0.05) is 26.5 Å². The second-order valence-corrected chi connectivity index (χ2v) is 16.1. The normalized spacial score (nSPS) is 13.9. The minimum absolute atomic E-state index is 0.458. The predicted molar refractivity (Wildman–Crippen MR) is 233 cm³/mol. The van der Waals surface area contributed by atoms with E-state index in [2.05, 4.69) is 170 Å². The van der Waals surface area contributed by atoms with E-state index in [1.807, 2.05) is 30.0 Å². The van der Waals surface area contributed by atoms with E-state index in [-0.39, 0.29) is 0 Å². The highest BCUT2D eigenvalue weighted by molar-refractivity contribution is 7.99.